The summed E-state index contributed by atoms with van der Waals surface area (Å²) in [5, 5.41) is 11.1. The zero-order chi connectivity index (χ0) is 25.2. The van der Waals surface area contributed by atoms with Gasteiger partial charge in [-0.1, -0.05) is 67.6 Å². The number of hydrogen-bond donors (Lipinski definition) is 1. The molecule has 0 aliphatic carbocycles. The van der Waals surface area contributed by atoms with Gasteiger partial charge in [-0.15, -0.1) is 0 Å². The summed E-state index contributed by atoms with van der Waals surface area (Å²) in [5.74, 6) is -1.35. The number of furan rings is 1. The molecule has 1 N–H and O–H groups in total. The number of hydrogen-bond acceptors (Lipinski definition) is 4. The molecule has 1 heterocycles. The third kappa shape index (κ3) is 4.64. The predicted molar refractivity (Wildman–Crippen MR) is 142 cm³/mol. The lowest BCUT2D eigenvalue weighted by atomic mass is 9.97. The minimum Gasteiger partial charge on any atom is -0.481 e. The number of ketones is 1. The van der Waals surface area contributed by atoms with Crippen molar-refractivity contribution in [2.45, 2.75) is 12.7 Å². The maximum atomic E-state index is 14.3. The highest BCUT2D eigenvalue weighted by Gasteiger charge is 2.16. The molecule has 0 fully saturated rings. The van der Waals surface area contributed by atoms with E-state index in [2.05, 4.69) is 0 Å². The van der Waals surface area contributed by atoms with Crippen LogP contribution < -0.4 is 0 Å². The number of thioether (sulfide) groups is 1. The molecule has 0 saturated heterocycles. The van der Waals surface area contributed by atoms with E-state index in [0.717, 1.165) is 33.1 Å². The molecule has 0 spiro atoms. The topological polar surface area (TPSA) is 67.5 Å². The summed E-state index contributed by atoms with van der Waals surface area (Å²) in [6.07, 6.45) is 0. The molecule has 6 heteroatoms. The molecule has 0 aliphatic heterocycles. The van der Waals surface area contributed by atoms with Gasteiger partial charge >= 0.3 is 5.97 Å². The van der Waals surface area contributed by atoms with Gasteiger partial charge in [-0.25, -0.2) is 4.39 Å². The first-order chi connectivity index (χ1) is 17.4. The third-order valence-electron chi connectivity index (χ3n) is 6.22. The smallest absolute Gasteiger partial charge is 0.307 e. The van der Waals surface area contributed by atoms with Crippen molar-refractivity contribution in [2.75, 3.05) is 5.75 Å². The number of aliphatic carboxylic acids is 1. The third-order valence-corrected chi connectivity index (χ3v) is 7.47. The highest BCUT2D eigenvalue weighted by molar-refractivity contribution is 7.98. The fraction of sp³-hybridized carbons (Fsp3) is 0.133. The molecule has 0 saturated carbocycles. The zero-order valence-corrected chi connectivity index (χ0v) is 20.3. The molecule has 180 valence electrons. The van der Waals surface area contributed by atoms with Gasteiger partial charge in [-0.05, 0) is 35.4 Å². The number of rotatable bonds is 8. The molecule has 1 atom stereocenters. The van der Waals surface area contributed by atoms with Gasteiger partial charge in [-0.3, -0.25) is 9.59 Å². The molecule has 5 aromatic rings. The highest BCUT2D eigenvalue weighted by atomic mass is 32.2. The van der Waals surface area contributed by atoms with Crippen LogP contribution in [0.2, 0.25) is 0 Å². The van der Waals surface area contributed by atoms with Gasteiger partial charge in [0.25, 0.3) is 0 Å². The Kier molecular flexibility index (Phi) is 6.61. The van der Waals surface area contributed by atoms with Crippen LogP contribution in [0.1, 0.15) is 28.4 Å². The largest absolute Gasteiger partial charge is 0.481 e. The molecule has 5 rings (SSSR count). The number of fused-ring (bicyclic) bond motifs is 3. The molecule has 4 aromatic carbocycles. The Hall–Kier alpha value is -3.90. The van der Waals surface area contributed by atoms with Crippen molar-refractivity contribution < 1.29 is 23.5 Å². The standard InChI is InChI=1S/C30H23FO4S/c1-18(30(33)34)16-36-17-22-15-21(13-14-26(22)31)28(32)20-11-9-19(10-12-20)23-6-4-7-25-24-5-2-3-8-27(24)35-29(23)25/h2-15,18H,16-17H2,1H3,(H,33,34). The molecule has 1 unspecified atom stereocenters. The van der Waals surface area contributed by atoms with Crippen LogP contribution in [-0.4, -0.2) is 22.6 Å². The van der Waals surface area contributed by atoms with Gasteiger partial charge in [-0.2, -0.15) is 11.8 Å². The predicted octanol–water partition coefficient (Wildman–Crippen LogP) is 7.58. The summed E-state index contributed by atoms with van der Waals surface area (Å²) in [6.45, 7) is 1.62. The van der Waals surface area contributed by atoms with E-state index in [1.165, 1.54) is 23.9 Å². The molecule has 1 aromatic heterocycles. The van der Waals surface area contributed by atoms with Crippen LogP contribution in [0, 0.1) is 11.7 Å². The van der Waals surface area contributed by atoms with E-state index in [4.69, 9.17) is 9.52 Å². The number of halogens is 1. The van der Waals surface area contributed by atoms with E-state index >= 15 is 0 Å². The van der Waals surface area contributed by atoms with Crippen molar-refractivity contribution in [3.8, 4) is 11.1 Å². The fourth-order valence-electron chi connectivity index (χ4n) is 4.19. The lowest BCUT2D eigenvalue weighted by Gasteiger charge is -2.09. The maximum absolute atomic E-state index is 14.3. The van der Waals surface area contributed by atoms with Crippen molar-refractivity contribution >= 4 is 45.5 Å². The number of benzene rings is 4. The average Bonchev–Trinajstić information content (AvgIpc) is 3.28. The fourth-order valence-corrected chi connectivity index (χ4v) is 5.24. The second kappa shape index (κ2) is 9.99. The monoisotopic (exact) mass is 498 g/mol. The Balaban J connectivity index is 1.38. The lowest BCUT2D eigenvalue weighted by Crippen LogP contribution is -2.12. The van der Waals surface area contributed by atoms with Gasteiger partial charge < -0.3 is 9.52 Å². The first-order valence-electron chi connectivity index (χ1n) is 11.6. The lowest BCUT2D eigenvalue weighted by molar-refractivity contribution is -0.140. The van der Waals surface area contributed by atoms with E-state index in [-0.39, 0.29) is 5.78 Å². The number of carbonyl (C=O) groups excluding carboxylic acids is 1. The van der Waals surface area contributed by atoms with Crippen molar-refractivity contribution in [2.24, 2.45) is 5.92 Å². The van der Waals surface area contributed by atoms with Gasteiger partial charge in [0.05, 0.1) is 5.92 Å². The normalized spacial score (nSPS) is 12.2. The highest BCUT2D eigenvalue weighted by Crippen LogP contribution is 2.35. The Morgan fingerprint density at radius 3 is 2.42 bits per heavy atom. The Labute approximate surface area is 211 Å². The summed E-state index contributed by atoms with van der Waals surface area (Å²) in [5.41, 5.74) is 4.78. The van der Waals surface area contributed by atoms with E-state index in [9.17, 15) is 14.0 Å². The number of para-hydroxylation sites is 2. The molecule has 36 heavy (non-hydrogen) atoms. The van der Waals surface area contributed by atoms with Crippen molar-refractivity contribution in [1.82, 2.24) is 0 Å². The SMILES string of the molecule is CC(CSCc1cc(C(=O)c2ccc(-c3cccc4c3oc3ccccc34)cc2)ccc1F)C(=O)O. The second-order valence-corrected chi connectivity index (χ2v) is 9.78. The molecular weight excluding hydrogens is 475 g/mol. The summed E-state index contributed by atoms with van der Waals surface area (Å²) >= 11 is 1.33. The summed E-state index contributed by atoms with van der Waals surface area (Å²) in [4.78, 5) is 24.1. The first kappa shape index (κ1) is 23.8. The molecular formula is C30H23FO4S. The van der Waals surface area contributed by atoms with Crippen molar-refractivity contribution in [3.63, 3.8) is 0 Å². The molecule has 0 bridgehead atoms. The van der Waals surface area contributed by atoms with Crippen LogP contribution in [0.3, 0.4) is 0 Å². The Bertz CT molecular complexity index is 1590. The minimum atomic E-state index is -0.882. The summed E-state index contributed by atoms with van der Waals surface area (Å²) < 4.78 is 20.4. The van der Waals surface area contributed by atoms with E-state index < -0.39 is 17.7 Å². The Morgan fingerprint density at radius 1 is 0.917 bits per heavy atom. The summed E-state index contributed by atoms with van der Waals surface area (Å²) in [7, 11) is 0. The second-order valence-electron chi connectivity index (χ2n) is 8.75. The van der Waals surface area contributed by atoms with Crippen LogP contribution in [0.15, 0.2) is 89.3 Å². The van der Waals surface area contributed by atoms with Crippen molar-refractivity contribution in [3.05, 3.63) is 107 Å². The van der Waals surface area contributed by atoms with Crippen LogP contribution >= 0.6 is 11.8 Å². The van der Waals surface area contributed by atoms with Gasteiger partial charge in [0, 0.05) is 39.0 Å². The zero-order valence-electron chi connectivity index (χ0n) is 19.5. The van der Waals surface area contributed by atoms with E-state index in [1.54, 1.807) is 25.1 Å². The van der Waals surface area contributed by atoms with Gasteiger partial charge in [0.15, 0.2) is 5.78 Å². The first-order valence-corrected chi connectivity index (χ1v) is 12.7. The number of carboxylic acids is 1. The van der Waals surface area contributed by atoms with Crippen LogP contribution in [-0.2, 0) is 10.5 Å². The number of carboxylic acid groups (broad SMARTS) is 1. The average molecular weight is 499 g/mol. The molecule has 0 radical (unpaired) electrons. The summed E-state index contributed by atoms with van der Waals surface area (Å²) in [6, 6.07) is 25.6. The minimum absolute atomic E-state index is 0.200. The quantitative estimate of drug-likeness (QED) is 0.223. The van der Waals surface area contributed by atoms with E-state index in [1.807, 2.05) is 54.6 Å². The van der Waals surface area contributed by atoms with E-state index in [0.29, 0.717) is 28.2 Å². The van der Waals surface area contributed by atoms with Crippen LogP contribution in [0.4, 0.5) is 4.39 Å². The molecule has 0 amide bonds. The van der Waals surface area contributed by atoms with Crippen LogP contribution in [0.5, 0.6) is 0 Å². The molecule has 4 nitrogen and oxygen atoms in total. The van der Waals surface area contributed by atoms with Crippen LogP contribution in [0.25, 0.3) is 33.1 Å². The van der Waals surface area contributed by atoms with Crippen molar-refractivity contribution in [1.29, 1.82) is 0 Å². The molecule has 0 aliphatic rings. The Morgan fingerprint density at radius 2 is 1.64 bits per heavy atom. The van der Waals surface area contributed by atoms with Gasteiger partial charge in [0.1, 0.15) is 17.0 Å². The van der Waals surface area contributed by atoms with Gasteiger partial charge in [0.2, 0.25) is 0 Å². The maximum Gasteiger partial charge on any atom is 0.307 e. The number of carbonyl (C=O) groups is 2.